The normalized spacial score (nSPS) is 17.4. The molecule has 2 rings (SSSR count). The molecule has 0 aliphatic heterocycles. The lowest BCUT2D eigenvalue weighted by atomic mass is 9.64. The Morgan fingerprint density at radius 1 is 1.40 bits per heavy atom. The Morgan fingerprint density at radius 3 is 2.35 bits per heavy atom. The highest BCUT2D eigenvalue weighted by Gasteiger charge is 2.48. The second-order valence-electron chi connectivity index (χ2n) is 4.78. The van der Waals surface area contributed by atoms with Gasteiger partial charge in [0.15, 0.2) is 0 Å². The second-order valence-corrected chi connectivity index (χ2v) is 5.18. The molecule has 0 spiro atoms. The van der Waals surface area contributed by atoms with E-state index in [1.165, 1.54) is 6.07 Å². The Kier molecular flexibility index (Phi) is 3.62. The van der Waals surface area contributed by atoms with Crippen LogP contribution >= 0.6 is 11.6 Å². The first-order valence-corrected chi connectivity index (χ1v) is 6.29. The molecule has 0 bridgehead atoms. The van der Waals surface area contributed by atoms with Crippen LogP contribution in [0, 0.1) is 0 Å². The van der Waals surface area contributed by atoms with Crippen LogP contribution in [0.5, 0.6) is 5.75 Å². The largest absolute Gasteiger partial charge is 0.495 e. The average Bonchev–Trinajstić information content (AvgIpc) is 2.24. The molecule has 3 nitrogen and oxygen atoms in total. The number of hydrogen-bond donors (Lipinski definition) is 1. The number of carbonyl (C=O) groups is 1. The Balaban J connectivity index is 2.63. The molecular formula is C13H12ClF3O3. The summed E-state index contributed by atoms with van der Waals surface area (Å²) in [4.78, 5) is 11.4. The Labute approximate surface area is 118 Å². The summed E-state index contributed by atoms with van der Waals surface area (Å²) in [5.41, 5.74) is -2.24. The molecule has 1 fully saturated rings. The van der Waals surface area contributed by atoms with Gasteiger partial charge in [0.25, 0.3) is 0 Å². The number of aliphatic carboxylic acids is 1. The topological polar surface area (TPSA) is 46.5 Å². The van der Waals surface area contributed by atoms with Crippen LogP contribution in [0.3, 0.4) is 0 Å². The molecule has 1 aromatic carbocycles. The molecule has 0 unspecified atom stereocenters. The van der Waals surface area contributed by atoms with E-state index in [1.54, 1.807) is 0 Å². The van der Waals surface area contributed by atoms with Crippen LogP contribution in [-0.2, 0) is 16.4 Å². The molecule has 0 radical (unpaired) electrons. The number of rotatable bonds is 3. The highest BCUT2D eigenvalue weighted by Crippen LogP contribution is 2.49. The molecule has 20 heavy (non-hydrogen) atoms. The zero-order chi connectivity index (χ0) is 15.1. The van der Waals surface area contributed by atoms with Gasteiger partial charge in [0, 0.05) is 0 Å². The van der Waals surface area contributed by atoms with Crippen molar-refractivity contribution in [2.45, 2.75) is 30.9 Å². The molecule has 1 aliphatic rings. The highest BCUT2D eigenvalue weighted by molar-refractivity contribution is 6.32. The van der Waals surface area contributed by atoms with Crippen molar-refractivity contribution in [1.29, 1.82) is 0 Å². The van der Waals surface area contributed by atoms with E-state index in [0.29, 0.717) is 19.3 Å². The fourth-order valence-electron chi connectivity index (χ4n) is 2.44. The van der Waals surface area contributed by atoms with E-state index < -0.39 is 28.9 Å². The van der Waals surface area contributed by atoms with Gasteiger partial charge in [-0.15, -0.1) is 0 Å². The Hall–Kier alpha value is -1.43. The highest BCUT2D eigenvalue weighted by atomic mass is 35.5. The number of carboxylic acids is 1. The molecule has 1 aromatic rings. The fourth-order valence-corrected chi connectivity index (χ4v) is 2.74. The SMILES string of the molecule is COc1c(Cl)cc(C2(C(=O)O)CCC2)cc1C(F)(F)F. The first-order chi connectivity index (χ1) is 9.22. The van der Waals surface area contributed by atoms with Crippen molar-refractivity contribution in [2.24, 2.45) is 0 Å². The Morgan fingerprint density at radius 2 is 2.00 bits per heavy atom. The minimum Gasteiger partial charge on any atom is -0.495 e. The van der Waals surface area contributed by atoms with Gasteiger partial charge in [-0.1, -0.05) is 18.0 Å². The van der Waals surface area contributed by atoms with E-state index in [0.717, 1.165) is 13.2 Å². The lowest BCUT2D eigenvalue weighted by molar-refractivity contribution is -0.148. The molecule has 7 heteroatoms. The third-order valence-electron chi connectivity index (χ3n) is 3.72. The number of alkyl halides is 3. The van der Waals surface area contributed by atoms with Crippen LogP contribution in [0.4, 0.5) is 13.2 Å². The summed E-state index contributed by atoms with van der Waals surface area (Å²) in [6.07, 6.45) is -3.38. The van der Waals surface area contributed by atoms with Gasteiger partial charge < -0.3 is 9.84 Å². The van der Waals surface area contributed by atoms with Crippen molar-refractivity contribution in [3.63, 3.8) is 0 Å². The van der Waals surface area contributed by atoms with Gasteiger partial charge in [0.05, 0.1) is 23.1 Å². The van der Waals surface area contributed by atoms with Gasteiger partial charge in [0.2, 0.25) is 0 Å². The molecule has 1 saturated carbocycles. The molecular weight excluding hydrogens is 297 g/mol. The molecule has 0 saturated heterocycles. The van der Waals surface area contributed by atoms with Crippen LogP contribution in [0.25, 0.3) is 0 Å². The summed E-state index contributed by atoms with van der Waals surface area (Å²) < 4.78 is 43.7. The molecule has 110 valence electrons. The van der Waals surface area contributed by atoms with Crippen LogP contribution in [0.1, 0.15) is 30.4 Å². The van der Waals surface area contributed by atoms with Crippen LogP contribution in [0.2, 0.25) is 5.02 Å². The van der Waals surface area contributed by atoms with Gasteiger partial charge in [-0.3, -0.25) is 4.79 Å². The van der Waals surface area contributed by atoms with Crippen molar-refractivity contribution in [1.82, 2.24) is 0 Å². The lowest BCUT2D eigenvalue weighted by Gasteiger charge is -2.38. The van der Waals surface area contributed by atoms with Crippen LogP contribution < -0.4 is 4.74 Å². The number of carboxylic acid groups (broad SMARTS) is 1. The standard InChI is InChI=1S/C13H12ClF3O3/c1-20-10-8(13(15,16)17)5-7(6-9(10)14)12(11(18)19)3-2-4-12/h5-6H,2-4H2,1H3,(H,18,19). The van der Waals surface area contributed by atoms with Gasteiger partial charge in [-0.2, -0.15) is 13.2 Å². The third kappa shape index (κ3) is 2.22. The number of benzene rings is 1. The lowest BCUT2D eigenvalue weighted by Crippen LogP contribution is -2.42. The minimum absolute atomic E-state index is 0.0781. The van der Waals surface area contributed by atoms with Gasteiger partial charge in [-0.25, -0.2) is 0 Å². The molecule has 0 aromatic heterocycles. The number of ether oxygens (including phenoxy) is 1. The van der Waals surface area contributed by atoms with E-state index in [4.69, 9.17) is 11.6 Å². The Bertz CT molecular complexity index is 551. The smallest absolute Gasteiger partial charge is 0.420 e. The van der Waals surface area contributed by atoms with Crippen molar-refractivity contribution in [3.8, 4) is 5.75 Å². The van der Waals surface area contributed by atoms with Crippen molar-refractivity contribution in [3.05, 3.63) is 28.3 Å². The second kappa shape index (κ2) is 4.84. The monoisotopic (exact) mass is 308 g/mol. The maximum absolute atomic E-state index is 13.0. The fraction of sp³-hybridized carbons (Fsp3) is 0.462. The van der Waals surface area contributed by atoms with E-state index in [-0.39, 0.29) is 10.6 Å². The van der Waals surface area contributed by atoms with E-state index >= 15 is 0 Å². The van der Waals surface area contributed by atoms with Gasteiger partial charge >= 0.3 is 12.1 Å². The van der Waals surface area contributed by atoms with E-state index in [2.05, 4.69) is 4.74 Å². The zero-order valence-corrected chi connectivity index (χ0v) is 11.3. The maximum Gasteiger partial charge on any atom is 0.420 e. The molecule has 0 heterocycles. The molecule has 0 amide bonds. The number of hydrogen-bond acceptors (Lipinski definition) is 2. The minimum atomic E-state index is -4.66. The van der Waals surface area contributed by atoms with Crippen LogP contribution in [0.15, 0.2) is 12.1 Å². The van der Waals surface area contributed by atoms with Crippen molar-refractivity contribution < 1.29 is 27.8 Å². The predicted octanol–water partition coefficient (Wildman–Crippen LogP) is 3.87. The van der Waals surface area contributed by atoms with Crippen LogP contribution in [-0.4, -0.2) is 18.2 Å². The number of methoxy groups -OCH3 is 1. The summed E-state index contributed by atoms with van der Waals surface area (Å²) in [5.74, 6) is -1.61. The number of halogens is 4. The predicted molar refractivity (Wildman–Crippen MR) is 66.2 cm³/mol. The first kappa shape index (κ1) is 15.0. The summed E-state index contributed by atoms with van der Waals surface area (Å²) in [5, 5.41) is 9.06. The van der Waals surface area contributed by atoms with Gasteiger partial charge in [-0.05, 0) is 30.5 Å². The summed E-state index contributed by atoms with van der Waals surface area (Å²) >= 11 is 5.81. The van der Waals surface area contributed by atoms with E-state index in [9.17, 15) is 23.1 Å². The van der Waals surface area contributed by atoms with Gasteiger partial charge in [0.1, 0.15) is 5.75 Å². The molecule has 1 aliphatic carbocycles. The van der Waals surface area contributed by atoms with Crippen molar-refractivity contribution >= 4 is 17.6 Å². The molecule has 1 N–H and O–H groups in total. The maximum atomic E-state index is 13.0. The van der Waals surface area contributed by atoms with E-state index in [1.807, 2.05) is 0 Å². The summed E-state index contributed by atoms with van der Waals surface area (Å²) in [6.45, 7) is 0. The molecule has 0 atom stereocenters. The summed E-state index contributed by atoms with van der Waals surface area (Å²) in [6, 6.07) is 2.08. The summed E-state index contributed by atoms with van der Waals surface area (Å²) in [7, 11) is 1.09. The first-order valence-electron chi connectivity index (χ1n) is 5.91. The quantitative estimate of drug-likeness (QED) is 0.922. The zero-order valence-electron chi connectivity index (χ0n) is 10.6. The van der Waals surface area contributed by atoms with Crippen molar-refractivity contribution in [2.75, 3.05) is 7.11 Å². The third-order valence-corrected chi connectivity index (χ3v) is 4.00. The average molecular weight is 309 g/mol.